The molecule has 1 aliphatic rings. The predicted molar refractivity (Wildman–Crippen MR) is 111 cm³/mol. The molecule has 0 bridgehead atoms. The molecule has 1 saturated heterocycles. The number of benzene rings is 2. The Bertz CT molecular complexity index is 793. The standard InChI is InChI=1S/C21H24Cl2N2O3/c1-15(28-20-7-6-18(22)12-19(20)23)21(26)24-13-16-2-4-17(5-3-16)14-25-8-10-27-11-9-25/h2-7,12,15H,8-11,13-14H2,1H3,(H,24,26). The second kappa shape index (κ2) is 10.1. The lowest BCUT2D eigenvalue weighted by Gasteiger charge is -2.26. The summed E-state index contributed by atoms with van der Waals surface area (Å²) in [5, 5.41) is 3.79. The van der Waals surface area contributed by atoms with E-state index in [1.54, 1.807) is 25.1 Å². The van der Waals surface area contributed by atoms with Crippen LogP contribution in [0.3, 0.4) is 0 Å². The summed E-state index contributed by atoms with van der Waals surface area (Å²) in [5.74, 6) is 0.226. The van der Waals surface area contributed by atoms with E-state index in [9.17, 15) is 4.79 Å². The van der Waals surface area contributed by atoms with Crippen molar-refractivity contribution < 1.29 is 14.3 Å². The largest absolute Gasteiger partial charge is 0.479 e. The Hall–Kier alpha value is -1.79. The van der Waals surface area contributed by atoms with Crippen LogP contribution < -0.4 is 10.1 Å². The lowest BCUT2D eigenvalue weighted by molar-refractivity contribution is -0.127. The summed E-state index contributed by atoms with van der Waals surface area (Å²) in [7, 11) is 0. The normalized spacial score (nSPS) is 15.8. The highest BCUT2D eigenvalue weighted by molar-refractivity contribution is 6.35. The molecule has 1 unspecified atom stereocenters. The van der Waals surface area contributed by atoms with Gasteiger partial charge in [0.25, 0.3) is 5.91 Å². The fourth-order valence-electron chi connectivity index (χ4n) is 2.93. The average molecular weight is 423 g/mol. The molecule has 1 fully saturated rings. The van der Waals surface area contributed by atoms with Crippen molar-refractivity contribution in [2.75, 3.05) is 26.3 Å². The summed E-state index contributed by atoms with van der Waals surface area (Å²) >= 11 is 12.0. The number of nitrogens with zero attached hydrogens (tertiary/aromatic N) is 1. The molecule has 1 amide bonds. The molecule has 150 valence electrons. The van der Waals surface area contributed by atoms with Crippen LogP contribution in [-0.2, 0) is 22.6 Å². The lowest BCUT2D eigenvalue weighted by Crippen LogP contribution is -2.36. The zero-order valence-corrected chi connectivity index (χ0v) is 17.3. The number of halogens is 2. The highest BCUT2D eigenvalue weighted by Gasteiger charge is 2.16. The van der Waals surface area contributed by atoms with Gasteiger partial charge >= 0.3 is 0 Å². The maximum atomic E-state index is 12.3. The van der Waals surface area contributed by atoms with Crippen molar-refractivity contribution in [3.05, 3.63) is 63.6 Å². The molecule has 0 saturated carbocycles. The fraction of sp³-hybridized carbons (Fsp3) is 0.381. The Morgan fingerprint density at radius 2 is 1.82 bits per heavy atom. The topological polar surface area (TPSA) is 50.8 Å². The molecule has 5 nitrogen and oxygen atoms in total. The van der Waals surface area contributed by atoms with Gasteiger partial charge in [-0.05, 0) is 36.2 Å². The van der Waals surface area contributed by atoms with Crippen LogP contribution in [0.1, 0.15) is 18.1 Å². The smallest absolute Gasteiger partial charge is 0.261 e. The molecule has 1 atom stereocenters. The minimum absolute atomic E-state index is 0.205. The van der Waals surface area contributed by atoms with Crippen molar-refractivity contribution in [1.82, 2.24) is 10.2 Å². The highest BCUT2D eigenvalue weighted by atomic mass is 35.5. The summed E-state index contributed by atoms with van der Waals surface area (Å²) in [4.78, 5) is 14.7. The maximum absolute atomic E-state index is 12.3. The van der Waals surface area contributed by atoms with E-state index in [0.29, 0.717) is 22.3 Å². The van der Waals surface area contributed by atoms with Crippen LogP contribution in [0.5, 0.6) is 5.75 Å². The van der Waals surface area contributed by atoms with E-state index in [4.69, 9.17) is 32.7 Å². The van der Waals surface area contributed by atoms with Crippen LogP contribution in [0.4, 0.5) is 0 Å². The van der Waals surface area contributed by atoms with Gasteiger partial charge < -0.3 is 14.8 Å². The molecule has 3 rings (SSSR count). The molecule has 1 N–H and O–H groups in total. The Morgan fingerprint density at radius 3 is 2.50 bits per heavy atom. The quantitative estimate of drug-likeness (QED) is 0.734. The summed E-state index contributed by atoms with van der Waals surface area (Å²) in [6.45, 7) is 6.57. The van der Waals surface area contributed by atoms with E-state index in [-0.39, 0.29) is 5.91 Å². The van der Waals surface area contributed by atoms with Crippen molar-refractivity contribution in [1.29, 1.82) is 0 Å². The van der Waals surface area contributed by atoms with Crippen molar-refractivity contribution in [3.8, 4) is 5.75 Å². The number of nitrogens with one attached hydrogen (secondary N) is 1. The first kappa shape index (κ1) is 20.9. The minimum Gasteiger partial charge on any atom is -0.479 e. The van der Waals surface area contributed by atoms with E-state index < -0.39 is 6.10 Å². The van der Waals surface area contributed by atoms with Gasteiger partial charge in [-0.25, -0.2) is 0 Å². The second-order valence-electron chi connectivity index (χ2n) is 6.76. The number of carbonyl (C=O) groups excluding carboxylic acids is 1. The Labute approximate surface area is 175 Å². The van der Waals surface area contributed by atoms with Crippen molar-refractivity contribution in [3.63, 3.8) is 0 Å². The number of ether oxygens (including phenoxy) is 2. The zero-order valence-electron chi connectivity index (χ0n) is 15.8. The lowest BCUT2D eigenvalue weighted by atomic mass is 10.1. The van der Waals surface area contributed by atoms with E-state index in [2.05, 4.69) is 22.3 Å². The minimum atomic E-state index is -0.667. The average Bonchev–Trinajstić information content (AvgIpc) is 2.70. The zero-order chi connectivity index (χ0) is 19.9. The number of rotatable bonds is 7. The predicted octanol–water partition coefficient (Wildman–Crippen LogP) is 3.91. The number of morpholine rings is 1. The van der Waals surface area contributed by atoms with Gasteiger partial charge in [0.05, 0.1) is 18.2 Å². The third-order valence-corrected chi connectivity index (χ3v) is 5.10. The van der Waals surface area contributed by atoms with Gasteiger partial charge in [-0.1, -0.05) is 47.5 Å². The molecule has 7 heteroatoms. The van der Waals surface area contributed by atoms with Gasteiger partial charge in [-0.3, -0.25) is 9.69 Å². The number of carbonyl (C=O) groups is 1. The van der Waals surface area contributed by atoms with E-state index >= 15 is 0 Å². The van der Waals surface area contributed by atoms with Gasteiger partial charge in [-0.15, -0.1) is 0 Å². The first-order valence-corrected chi connectivity index (χ1v) is 10.0. The Morgan fingerprint density at radius 1 is 1.14 bits per heavy atom. The Balaban J connectivity index is 1.46. The van der Waals surface area contributed by atoms with E-state index in [0.717, 1.165) is 38.4 Å². The number of hydrogen-bond donors (Lipinski definition) is 1. The van der Waals surface area contributed by atoms with Crippen LogP contribution in [0.2, 0.25) is 10.0 Å². The summed E-state index contributed by atoms with van der Waals surface area (Å²) in [5.41, 5.74) is 2.29. The fourth-order valence-corrected chi connectivity index (χ4v) is 3.38. The molecule has 2 aromatic rings. The first-order chi connectivity index (χ1) is 13.5. The monoisotopic (exact) mass is 422 g/mol. The van der Waals surface area contributed by atoms with Crippen molar-refractivity contribution >= 4 is 29.1 Å². The molecule has 0 aliphatic carbocycles. The maximum Gasteiger partial charge on any atom is 0.261 e. The molecule has 1 aliphatic heterocycles. The van der Waals surface area contributed by atoms with Gasteiger partial charge in [-0.2, -0.15) is 0 Å². The summed E-state index contributed by atoms with van der Waals surface area (Å²) < 4.78 is 11.0. The van der Waals surface area contributed by atoms with Gasteiger partial charge in [0.15, 0.2) is 6.10 Å². The number of amides is 1. The molecule has 2 aromatic carbocycles. The van der Waals surface area contributed by atoms with Gasteiger partial charge in [0.1, 0.15) is 5.75 Å². The van der Waals surface area contributed by atoms with Crippen LogP contribution in [-0.4, -0.2) is 43.2 Å². The molecule has 1 heterocycles. The van der Waals surface area contributed by atoms with Crippen LogP contribution in [0, 0.1) is 0 Å². The highest BCUT2D eigenvalue weighted by Crippen LogP contribution is 2.28. The third-order valence-electron chi connectivity index (χ3n) is 4.57. The third kappa shape index (κ3) is 6.11. The molecular formula is C21H24Cl2N2O3. The van der Waals surface area contributed by atoms with Crippen LogP contribution in [0.25, 0.3) is 0 Å². The van der Waals surface area contributed by atoms with Gasteiger partial charge in [0.2, 0.25) is 0 Å². The van der Waals surface area contributed by atoms with Gasteiger partial charge in [0, 0.05) is 31.2 Å². The second-order valence-corrected chi connectivity index (χ2v) is 7.60. The van der Waals surface area contributed by atoms with Crippen LogP contribution >= 0.6 is 23.2 Å². The molecular weight excluding hydrogens is 399 g/mol. The van der Waals surface area contributed by atoms with Crippen molar-refractivity contribution in [2.24, 2.45) is 0 Å². The molecule has 0 aromatic heterocycles. The Kier molecular flexibility index (Phi) is 7.57. The molecule has 0 radical (unpaired) electrons. The molecule has 28 heavy (non-hydrogen) atoms. The SMILES string of the molecule is CC(Oc1ccc(Cl)cc1Cl)C(=O)NCc1ccc(CN2CCOCC2)cc1. The van der Waals surface area contributed by atoms with Crippen LogP contribution in [0.15, 0.2) is 42.5 Å². The van der Waals surface area contributed by atoms with E-state index in [1.165, 1.54) is 5.56 Å². The summed E-state index contributed by atoms with van der Waals surface area (Å²) in [6, 6.07) is 13.2. The first-order valence-electron chi connectivity index (χ1n) is 9.28. The molecule has 0 spiro atoms. The van der Waals surface area contributed by atoms with E-state index in [1.807, 2.05) is 12.1 Å². The summed E-state index contributed by atoms with van der Waals surface area (Å²) in [6.07, 6.45) is -0.667. The van der Waals surface area contributed by atoms with Crippen molar-refractivity contribution in [2.45, 2.75) is 26.1 Å². The number of hydrogen-bond acceptors (Lipinski definition) is 4.